The van der Waals surface area contributed by atoms with Crippen molar-refractivity contribution in [2.24, 2.45) is 5.16 Å². The first-order valence-electron chi connectivity index (χ1n) is 6.39. The standard InChI is InChI=1S/C14H14FN3OS/c1-8(18-19-2)13-12(9-3-4-9)17-14(20-13)10-5-11(15)7-16-6-10/h5-7,9H,3-4H2,1-2H3/b18-8+. The summed E-state index contributed by atoms with van der Waals surface area (Å²) in [5.74, 6) is 0.146. The van der Waals surface area contributed by atoms with Crippen LogP contribution in [0.25, 0.3) is 10.6 Å². The molecule has 1 saturated carbocycles. The fourth-order valence-corrected chi connectivity index (χ4v) is 3.12. The Morgan fingerprint density at radius 2 is 2.25 bits per heavy atom. The smallest absolute Gasteiger partial charge is 0.142 e. The predicted octanol–water partition coefficient (Wildman–Crippen LogP) is 3.59. The molecule has 0 N–H and O–H groups in total. The monoisotopic (exact) mass is 291 g/mol. The van der Waals surface area contributed by atoms with Gasteiger partial charge in [0.1, 0.15) is 17.9 Å². The number of pyridine rings is 1. The lowest BCUT2D eigenvalue weighted by Crippen LogP contribution is -1.96. The van der Waals surface area contributed by atoms with Crippen molar-refractivity contribution in [1.82, 2.24) is 9.97 Å². The van der Waals surface area contributed by atoms with Gasteiger partial charge in [-0.2, -0.15) is 0 Å². The number of oxime groups is 1. The van der Waals surface area contributed by atoms with Crippen molar-refractivity contribution >= 4 is 17.0 Å². The zero-order valence-electron chi connectivity index (χ0n) is 11.3. The number of thiazole rings is 1. The Labute approximate surface area is 120 Å². The van der Waals surface area contributed by atoms with Crippen LogP contribution >= 0.6 is 11.3 Å². The Bertz CT molecular complexity index is 664. The molecule has 3 rings (SSSR count). The molecule has 2 aromatic rings. The summed E-state index contributed by atoms with van der Waals surface area (Å²) in [6.07, 6.45) is 5.12. The van der Waals surface area contributed by atoms with E-state index in [1.54, 1.807) is 6.20 Å². The number of hydrogen-bond acceptors (Lipinski definition) is 5. The van der Waals surface area contributed by atoms with Crippen LogP contribution in [0.1, 0.15) is 36.3 Å². The van der Waals surface area contributed by atoms with Crippen LogP contribution in [0.15, 0.2) is 23.6 Å². The summed E-state index contributed by atoms with van der Waals surface area (Å²) in [6, 6.07) is 1.45. The van der Waals surface area contributed by atoms with Gasteiger partial charge in [-0.05, 0) is 25.8 Å². The summed E-state index contributed by atoms with van der Waals surface area (Å²) in [6.45, 7) is 1.90. The van der Waals surface area contributed by atoms with Crippen molar-refractivity contribution in [2.45, 2.75) is 25.7 Å². The minimum absolute atomic E-state index is 0.352. The molecular weight excluding hydrogens is 277 g/mol. The third-order valence-corrected chi connectivity index (χ3v) is 4.36. The van der Waals surface area contributed by atoms with Gasteiger partial charge in [-0.25, -0.2) is 9.37 Å². The predicted molar refractivity (Wildman–Crippen MR) is 76.5 cm³/mol. The molecule has 4 nitrogen and oxygen atoms in total. The van der Waals surface area contributed by atoms with Gasteiger partial charge in [-0.1, -0.05) is 5.16 Å². The van der Waals surface area contributed by atoms with Crippen LogP contribution in [0.5, 0.6) is 0 Å². The lowest BCUT2D eigenvalue weighted by Gasteiger charge is -1.98. The minimum Gasteiger partial charge on any atom is -0.399 e. The second kappa shape index (κ2) is 5.28. The van der Waals surface area contributed by atoms with E-state index >= 15 is 0 Å². The van der Waals surface area contributed by atoms with Crippen LogP contribution in [0.2, 0.25) is 0 Å². The number of nitrogens with zero attached hydrogens (tertiary/aromatic N) is 3. The fraction of sp³-hybridized carbons (Fsp3) is 0.357. The maximum Gasteiger partial charge on any atom is 0.142 e. The van der Waals surface area contributed by atoms with Crippen molar-refractivity contribution < 1.29 is 9.23 Å². The van der Waals surface area contributed by atoms with Crippen LogP contribution in [-0.4, -0.2) is 22.8 Å². The van der Waals surface area contributed by atoms with Crippen LogP contribution in [0.4, 0.5) is 4.39 Å². The lowest BCUT2D eigenvalue weighted by atomic mass is 10.2. The van der Waals surface area contributed by atoms with Crippen molar-refractivity contribution in [3.05, 3.63) is 34.8 Å². The third-order valence-electron chi connectivity index (χ3n) is 3.13. The Kier molecular flexibility index (Phi) is 3.48. The van der Waals surface area contributed by atoms with Gasteiger partial charge in [0.2, 0.25) is 0 Å². The average molecular weight is 291 g/mol. The highest BCUT2D eigenvalue weighted by molar-refractivity contribution is 7.17. The van der Waals surface area contributed by atoms with Crippen LogP contribution in [0.3, 0.4) is 0 Å². The molecule has 1 aliphatic carbocycles. The van der Waals surface area contributed by atoms with Gasteiger partial charge in [0, 0.05) is 17.7 Å². The molecular formula is C14H14FN3OS. The van der Waals surface area contributed by atoms with E-state index in [1.807, 2.05) is 6.92 Å². The summed E-state index contributed by atoms with van der Waals surface area (Å²) >= 11 is 1.51. The molecule has 0 aromatic carbocycles. The van der Waals surface area contributed by atoms with E-state index < -0.39 is 0 Å². The largest absolute Gasteiger partial charge is 0.399 e. The van der Waals surface area contributed by atoms with Crippen molar-refractivity contribution in [3.63, 3.8) is 0 Å². The highest BCUT2D eigenvalue weighted by Crippen LogP contribution is 2.44. The first-order chi connectivity index (χ1) is 9.69. The Morgan fingerprint density at radius 3 is 2.90 bits per heavy atom. The van der Waals surface area contributed by atoms with E-state index in [9.17, 15) is 4.39 Å². The Morgan fingerprint density at radius 1 is 1.45 bits per heavy atom. The first-order valence-corrected chi connectivity index (χ1v) is 7.20. The molecule has 0 radical (unpaired) electrons. The molecule has 0 atom stereocenters. The van der Waals surface area contributed by atoms with E-state index in [-0.39, 0.29) is 5.82 Å². The van der Waals surface area contributed by atoms with Gasteiger partial charge < -0.3 is 4.84 Å². The number of hydrogen-bond donors (Lipinski definition) is 0. The van der Waals surface area contributed by atoms with E-state index in [0.29, 0.717) is 11.5 Å². The summed E-state index contributed by atoms with van der Waals surface area (Å²) in [7, 11) is 1.53. The number of aromatic nitrogens is 2. The molecule has 0 bridgehead atoms. The average Bonchev–Trinajstić information content (AvgIpc) is 3.18. The zero-order valence-corrected chi connectivity index (χ0v) is 12.1. The van der Waals surface area contributed by atoms with E-state index in [4.69, 9.17) is 4.84 Å². The van der Waals surface area contributed by atoms with Gasteiger partial charge in [0.15, 0.2) is 0 Å². The van der Waals surface area contributed by atoms with Gasteiger partial charge in [-0.3, -0.25) is 4.98 Å². The second-order valence-corrected chi connectivity index (χ2v) is 5.76. The Hall–Kier alpha value is -1.82. The highest BCUT2D eigenvalue weighted by Gasteiger charge is 2.31. The fourth-order valence-electron chi connectivity index (χ4n) is 2.06. The molecule has 0 aliphatic heterocycles. The topological polar surface area (TPSA) is 47.4 Å². The van der Waals surface area contributed by atoms with Crippen molar-refractivity contribution in [3.8, 4) is 10.6 Å². The van der Waals surface area contributed by atoms with Gasteiger partial charge in [-0.15, -0.1) is 11.3 Å². The van der Waals surface area contributed by atoms with Gasteiger partial charge in [0.05, 0.1) is 22.5 Å². The number of rotatable bonds is 4. The molecule has 2 aromatic heterocycles. The summed E-state index contributed by atoms with van der Waals surface area (Å²) in [5.41, 5.74) is 2.56. The quantitative estimate of drug-likeness (QED) is 0.639. The molecule has 1 aliphatic rings. The Balaban J connectivity index is 2.05. The van der Waals surface area contributed by atoms with Gasteiger partial charge in [0.25, 0.3) is 0 Å². The van der Waals surface area contributed by atoms with E-state index in [0.717, 1.165) is 34.1 Å². The maximum absolute atomic E-state index is 13.3. The van der Waals surface area contributed by atoms with Gasteiger partial charge >= 0.3 is 0 Å². The van der Waals surface area contributed by atoms with Crippen molar-refractivity contribution in [1.29, 1.82) is 0 Å². The summed E-state index contributed by atoms with van der Waals surface area (Å²) in [4.78, 5) is 14.4. The first kappa shape index (κ1) is 13.2. The van der Waals surface area contributed by atoms with E-state index in [1.165, 1.54) is 30.7 Å². The number of halogens is 1. The van der Waals surface area contributed by atoms with Crippen LogP contribution in [-0.2, 0) is 4.84 Å². The normalized spacial score (nSPS) is 15.4. The van der Waals surface area contributed by atoms with E-state index in [2.05, 4.69) is 15.1 Å². The maximum atomic E-state index is 13.3. The molecule has 2 heterocycles. The molecule has 20 heavy (non-hydrogen) atoms. The lowest BCUT2D eigenvalue weighted by molar-refractivity contribution is 0.213. The third kappa shape index (κ3) is 2.56. The molecule has 0 unspecified atom stereocenters. The molecule has 0 amide bonds. The molecule has 1 fully saturated rings. The second-order valence-electron chi connectivity index (χ2n) is 4.76. The highest BCUT2D eigenvalue weighted by atomic mass is 32.1. The summed E-state index contributed by atoms with van der Waals surface area (Å²) in [5, 5.41) is 4.76. The molecule has 104 valence electrons. The summed E-state index contributed by atoms with van der Waals surface area (Å²) < 4.78 is 13.3. The SMILES string of the molecule is CO/N=C(\C)c1sc(-c2cncc(F)c2)nc1C1CC1. The van der Waals surface area contributed by atoms with Crippen LogP contribution < -0.4 is 0 Å². The molecule has 0 saturated heterocycles. The van der Waals surface area contributed by atoms with Crippen LogP contribution in [0, 0.1) is 5.82 Å². The minimum atomic E-state index is -0.352. The van der Waals surface area contributed by atoms with Crippen molar-refractivity contribution in [2.75, 3.05) is 7.11 Å². The zero-order chi connectivity index (χ0) is 14.1. The molecule has 0 spiro atoms. The molecule has 6 heteroatoms.